The van der Waals surface area contributed by atoms with Crippen LogP contribution < -0.4 is 19.5 Å². The standard InChI is InChI=1S/C21H27N5O4S/c1-4-29-17-8-9-19(18(14-17)30-5-2)31(27,28)23-11-10-22-20-15-21(25-16(3)24-20)26-12-6-7-13-26/h6-9,12-15,23H,4-5,10-11H2,1-3H3,(H,22,24,25). The Bertz CT molecular complexity index is 1100. The summed E-state index contributed by atoms with van der Waals surface area (Å²) >= 11 is 0. The summed E-state index contributed by atoms with van der Waals surface area (Å²) in [5.74, 6) is 2.79. The smallest absolute Gasteiger partial charge is 0.244 e. The maximum Gasteiger partial charge on any atom is 0.244 e. The molecular formula is C21H27N5O4S. The molecule has 0 saturated heterocycles. The average Bonchev–Trinajstić information content (AvgIpc) is 3.26. The number of sulfonamides is 1. The van der Waals surface area contributed by atoms with Crippen LogP contribution in [0.2, 0.25) is 0 Å². The summed E-state index contributed by atoms with van der Waals surface area (Å²) in [7, 11) is -3.76. The number of benzene rings is 1. The molecule has 3 aromatic rings. The molecule has 10 heteroatoms. The fraction of sp³-hybridized carbons (Fsp3) is 0.333. The van der Waals surface area contributed by atoms with Crippen molar-refractivity contribution >= 4 is 15.8 Å². The third-order valence-electron chi connectivity index (χ3n) is 4.23. The van der Waals surface area contributed by atoms with Gasteiger partial charge in [-0.15, -0.1) is 0 Å². The molecular weight excluding hydrogens is 418 g/mol. The molecule has 0 aliphatic heterocycles. The first-order valence-electron chi connectivity index (χ1n) is 10.0. The fourth-order valence-electron chi connectivity index (χ4n) is 2.95. The quantitative estimate of drug-likeness (QED) is 0.437. The van der Waals surface area contributed by atoms with Gasteiger partial charge in [-0.2, -0.15) is 0 Å². The van der Waals surface area contributed by atoms with Crippen molar-refractivity contribution in [1.82, 2.24) is 19.3 Å². The van der Waals surface area contributed by atoms with Crippen LogP contribution in [0.3, 0.4) is 0 Å². The van der Waals surface area contributed by atoms with E-state index in [9.17, 15) is 8.42 Å². The summed E-state index contributed by atoms with van der Waals surface area (Å²) in [6.07, 6.45) is 3.79. The van der Waals surface area contributed by atoms with Crippen LogP contribution in [0.25, 0.3) is 5.82 Å². The van der Waals surface area contributed by atoms with E-state index in [0.717, 1.165) is 5.82 Å². The van der Waals surface area contributed by atoms with E-state index in [4.69, 9.17) is 9.47 Å². The van der Waals surface area contributed by atoms with E-state index < -0.39 is 10.0 Å². The zero-order chi connectivity index (χ0) is 22.3. The molecule has 0 aliphatic carbocycles. The van der Waals surface area contributed by atoms with Crippen LogP contribution in [-0.2, 0) is 10.0 Å². The summed E-state index contributed by atoms with van der Waals surface area (Å²) in [5.41, 5.74) is 0. The highest BCUT2D eigenvalue weighted by Gasteiger charge is 2.20. The molecule has 31 heavy (non-hydrogen) atoms. The van der Waals surface area contributed by atoms with Gasteiger partial charge in [0.15, 0.2) is 0 Å². The lowest BCUT2D eigenvalue weighted by atomic mass is 10.3. The van der Waals surface area contributed by atoms with E-state index in [0.29, 0.717) is 37.2 Å². The fourth-order valence-corrected chi connectivity index (χ4v) is 4.11. The molecule has 2 heterocycles. The van der Waals surface area contributed by atoms with Crippen molar-refractivity contribution < 1.29 is 17.9 Å². The molecule has 0 bridgehead atoms. The third-order valence-corrected chi connectivity index (χ3v) is 5.73. The Hall–Kier alpha value is -3.11. The van der Waals surface area contributed by atoms with Crippen molar-refractivity contribution in [3.05, 3.63) is 54.6 Å². The highest BCUT2D eigenvalue weighted by molar-refractivity contribution is 7.89. The largest absolute Gasteiger partial charge is 0.494 e. The van der Waals surface area contributed by atoms with Gasteiger partial charge < -0.3 is 19.4 Å². The number of nitrogens with zero attached hydrogens (tertiary/aromatic N) is 3. The van der Waals surface area contributed by atoms with Crippen molar-refractivity contribution in [2.45, 2.75) is 25.7 Å². The van der Waals surface area contributed by atoms with E-state index in [1.165, 1.54) is 6.07 Å². The number of hydrogen-bond donors (Lipinski definition) is 2. The van der Waals surface area contributed by atoms with E-state index in [1.54, 1.807) is 25.1 Å². The number of rotatable bonds is 11. The predicted octanol–water partition coefficient (Wildman–Crippen LogP) is 2.76. The molecule has 0 spiro atoms. The summed E-state index contributed by atoms with van der Waals surface area (Å²) in [6.45, 7) is 6.81. The zero-order valence-corrected chi connectivity index (χ0v) is 18.6. The lowest BCUT2D eigenvalue weighted by Gasteiger charge is -2.14. The molecule has 9 nitrogen and oxygen atoms in total. The monoisotopic (exact) mass is 445 g/mol. The van der Waals surface area contributed by atoms with Gasteiger partial charge in [0.2, 0.25) is 10.0 Å². The number of anilines is 1. The molecule has 0 amide bonds. The second-order valence-electron chi connectivity index (χ2n) is 6.55. The normalized spacial score (nSPS) is 11.3. The van der Waals surface area contributed by atoms with Crippen LogP contribution >= 0.6 is 0 Å². The number of nitrogens with one attached hydrogen (secondary N) is 2. The average molecular weight is 446 g/mol. The number of aryl methyl sites for hydroxylation is 1. The second-order valence-corrected chi connectivity index (χ2v) is 8.28. The van der Waals surface area contributed by atoms with E-state index >= 15 is 0 Å². The van der Waals surface area contributed by atoms with Gasteiger partial charge in [0, 0.05) is 37.6 Å². The molecule has 2 N–H and O–H groups in total. The van der Waals surface area contributed by atoms with Gasteiger partial charge in [-0.1, -0.05) is 0 Å². The highest BCUT2D eigenvalue weighted by atomic mass is 32.2. The Kier molecular flexibility index (Phi) is 7.48. The van der Waals surface area contributed by atoms with Crippen LogP contribution in [0.1, 0.15) is 19.7 Å². The highest BCUT2D eigenvalue weighted by Crippen LogP contribution is 2.28. The van der Waals surface area contributed by atoms with Crippen LogP contribution in [0.15, 0.2) is 53.7 Å². The van der Waals surface area contributed by atoms with Crippen LogP contribution in [-0.4, -0.2) is 49.3 Å². The van der Waals surface area contributed by atoms with E-state index in [1.807, 2.05) is 42.9 Å². The second kappa shape index (κ2) is 10.3. The Morgan fingerprint density at radius 1 is 1.00 bits per heavy atom. The van der Waals surface area contributed by atoms with E-state index in [2.05, 4.69) is 20.0 Å². The van der Waals surface area contributed by atoms with Gasteiger partial charge in [-0.25, -0.2) is 23.1 Å². The van der Waals surface area contributed by atoms with Gasteiger partial charge in [-0.05, 0) is 45.0 Å². The number of ether oxygens (including phenoxy) is 2. The Morgan fingerprint density at radius 3 is 2.45 bits per heavy atom. The molecule has 1 aromatic carbocycles. The molecule has 0 atom stereocenters. The number of hydrogen-bond acceptors (Lipinski definition) is 7. The molecule has 0 saturated carbocycles. The Morgan fingerprint density at radius 2 is 1.74 bits per heavy atom. The molecule has 0 radical (unpaired) electrons. The SMILES string of the molecule is CCOc1ccc(S(=O)(=O)NCCNc2cc(-n3cccc3)nc(C)n2)c(OCC)c1. The Balaban J connectivity index is 1.64. The van der Waals surface area contributed by atoms with Gasteiger partial charge in [0.05, 0.1) is 13.2 Å². The summed E-state index contributed by atoms with van der Waals surface area (Å²) in [5, 5.41) is 3.13. The van der Waals surface area contributed by atoms with Gasteiger partial charge >= 0.3 is 0 Å². The van der Waals surface area contributed by atoms with Crippen LogP contribution in [0.4, 0.5) is 5.82 Å². The molecule has 0 aliphatic rings. The summed E-state index contributed by atoms with van der Waals surface area (Å²) < 4.78 is 41.0. The maximum atomic E-state index is 12.8. The molecule has 0 unspecified atom stereocenters. The van der Waals surface area contributed by atoms with E-state index in [-0.39, 0.29) is 17.2 Å². The van der Waals surface area contributed by atoms with Crippen LogP contribution in [0.5, 0.6) is 11.5 Å². The van der Waals surface area contributed by atoms with Crippen molar-refractivity contribution in [3.63, 3.8) is 0 Å². The minimum absolute atomic E-state index is 0.0746. The first-order chi connectivity index (χ1) is 14.9. The molecule has 0 fully saturated rings. The molecule has 2 aromatic heterocycles. The van der Waals surface area contributed by atoms with Gasteiger partial charge in [0.25, 0.3) is 0 Å². The minimum Gasteiger partial charge on any atom is -0.494 e. The minimum atomic E-state index is -3.76. The molecule has 166 valence electrons. The first-order valence-corrected chi connectivity index (χ1v) is 11.5. The first kappa shape index (κ1) is 22.6. The third kappa shape index (κ3) is 5.96. The Labute approximate surface area is 182 Å². The number of aromatic nitrogens is 3. The van der Waals surface area contributed by atoms with Crippen molar-refractivity contribution in [3.8, 4) is 17.3 Å². The summed E-state index contributed by atoms with van der Waals surface area (Å²) in [4.78, 5) is 8.84. The van der Waals surface area contributed by atoms with Gasteiger partial charge in [-0.3, -0.25) is 0 Å². The molecule has 3 rings (SSSR count). The van der Waals surface area contributed by atoms with Crippen molar-refractivity contribution in [2.75, 3.05) is 31.6 Å². The van der Waals surface area contributed by atoms with Crippen molar-refractivity contribution in [1.29, 1.82) is 0 Å². The zero-order valence-electron chi connectivity index (χ0n) is 17.8. The summed E-state index contributed by atoms with van der Waals surface area (Å²) in [6, 6.07) is 10.3. The topological polar surface area (TPSA) is 107 Å². The maximum absolute atomic E-state index is 12.8. The lowest BCUT2D eigenvalue weighted by Crippen LogP contribution is -2.29. The van der Waals surface area contributed by atoms with Gasteiger partial charge in [0.1, 0.15) is 33.9 Å². The predicted molar refractivity (Wildman–Crippen MR) is 119 cm³/mol. The lowest BCUT2D eigenvalue weighted by molar-refractivity contribution is 0.317. The van der Waals surface area contributed by atoms with Crippen molar-refractivity contribution in [2.24, 2.45) is 0 Å². The van der Waals surface area contributed by atoms with Crippen LogP contribution in [0, 0.1) is 6.92 Å².